The molecule has 0 radical (unpaired) electrons. The number of H-pyrrole nitrogens is 1. The molecular weight excluding hydrogens is 234 g/mol. The average Bonchev–Trinajstić information content (AvgIpc) is 2.82. The molecule has 1 heterocycles. The minimum Gasteiger partial charge on any atom is -0.329 e. The van der Waals surface area contributed by atoms with E-state index >= 15 is 0 Å². The van der Waals surface area contributed by atoms with Gasteiger partial charge in [0.1, 0.15) is 18.0 Å². The number of imidazole rings is 1. The zero-order valence-corrected chi connectivity index (χ0v) is 8.91. The van der Waals surface area contributed by atoms with Crippen molar-refractivity contribution >= 4 is 5.69 Å². The van der Waals surface area contributed by atoms with E-state index in [0.29, 0.717) is 5.56 Å². The number of nitrogens with one attached hydrogen (secondary N) is 1. The van der Waals surface area contributed by atoms with Gasteiger partial charge >= 0.3 is 0 Å². The first kappa shape index (κ1) is 11.3. The third kappa shape index (κ3) is 1.88. The van der Waals surface area contributed by atoms with E-state index < -0.39 is 4.92 Å². The van der Waals surface area contributed by atoms with Gasteiger partial charge in [-0.15, -0.1) is 0 Å². The van der Waals surface area contributed by atoms with Crippen LogP contribution in [0.4, 0.5) is 5.69 Å². The molecule has 1 N–H and O–H groups in total. The van der Waals surface area contributed by atoms with Gasteiger partial charge in [0.05, 0.1) is 4.92 Å². The highest BCUT2D eigenvalue weighted by molar-refractivity contribution is 5.61. The van der Waals surface area contributed by atoms with Gasteiger partial charge < -0.3 is 4.98 Å². The van der Waals surface area contributed by atoms with Gasteiger partial charge in [-0.05, 0) is 0 Å². The van der Waals surface area contributed by atoms with Crippen LogP contribution in [0.25, 0.3) is 11.4 Å². The van der Waals surface area contributed by atoms with Crippen molar-refractivity contribution in [3.63, 3.8) is 0 Å². The molecule has 0 aliphatic rings. The van der Waals surface area contributed by atoms with Gasteiger partial charge in [-0.2, -0.15) is 10.5 Å². The van der Waals surface area contributed by atoms with Crippen molar-refractivity contribution < 1.29 is 4.92 Å². The predicted octanol–water partition coefficient (Wildman–Crippen LogP) is 1.73. The summed E-state index contributed by atoms with van der Waals surface area (Å²) in [5.41, 5.74) is 0.376. The van der Waals surface area contributed by atoms with Crippen LogP contribution in [0.5, 0.6) is 0 Å². The molecule has 0 unspecified atom stereocenters. The molecule has 7 nitrogen and oxygen atoms in total. The summed E-state index contributed by atoms with van der Waals surface area (Å²) in [4.78, 5) is 16.7. The number of nitriles is 2. The summed E-state index contributed by atoms with van der Waals surface area (Å²) < 4.78 is 0. The predicted molar refractivity (Wildman–Crippen MR) is 60.1 cm³/mol. The first-order valence-electron chi connectivity index (χ1n) is 4.80. The van der Waals surface area contributed by atoms with Gasteiger partial charge in [-0.3, -0.25) is 10.1 Å². The Hall–Kier alpha value is -3.19. The summed E-state index contributed by atoms with van der Waals surface area (Å²) in [6, 6.07) is 9.36. The van der Waals surface area contributed by atoms with Crippen molar-refractivity contribution in [3.8, 4) is 23.5 Å². The molecule has 1 aromatic carbocycles. The number of benzene rings is 1. The van der Waals surface area contributed by atoms with E-state index in [1.54, 1.807) is 18.2 Å². The monoisotopic (exact) mass is 239 g/mol. The van der Waals surface area contributed by atoms with E-state index in [1.165, 1.54) is 18.2 Å². The maximum Gasteiger partial charge on any atom is 0.270 e. The van der Waals surface area contributed by atoms with E-state index in [-0.39, 0.29) is 22.9 Å². The van der Waals surface area contributed by atoms with E-state index in [2.05, 4.69) is 9.97 Å². The van der Waals surface area contributed by atoms with Crippen molar-refractivity contribution in [2.45, 2.75) is 0 Å². The number of nitro groups is 1. The highest BCUT2D eigenvalue weighted by Gasteiger charge is 2.13. The van der Waals surface area contributed by atoms with Crippen LogP contribution in [0, 0.1) is 32.8 Å². The Morgan fingerprint density at radius 3 is 2.67 bits per heavy atom. The maximum atomic E-state index is 10.6. The minimum absolute atomic E-state index is 0.0287. The number of hydrogen-bond donors (Lipinski definition) is 1. The SMILES string of the molecule is N#Cc1nc(-c2cccc([N+](=O)[O-])c2)[nH]c1C#N. The first-order valence-corrected chi connectivity index (χ1v) is 4.80. The summed E-state index contributed by atoms with van der Waals surface area (Å²) in [6.45, 7) is 0. The molecule has 0 bridgehead atoms. The largest absolute Gasteiger partial charge is 0.329 e. The lowest BCUT2D eigenvalue weighted by Gasteiger charge is -1.96. The van der Waals surface area contributed by atoms with Crippen LogP contribution >= 0.6 is 0 Å². The van der Waals surface area contributed by atoms with Crippen LogP contribution in [0.1, 0.15) is 11.4 Å². The zero-order chi connectivity index (χ0) is 13.1. The van der Waals surface area contributed by atoms with Crippen LogP contribution in [-0.2, 0) is 0 Å². The number of aromatic nitrogens is 2. The Kier molecular flexibility index (Phi) is 2.73. The van der Waals surface area contributed by atoms with Crippen molar-refractivity contribution in [2.24, 2.45) is 0 Å². The highest BCUT2D eigenvalue weighted by Crippen LogP contribution is 2.22. The maximum absolute atomic E-state index is 10.6. The number of non-ortho nitro benzene ring substituents is 1. The molecular formula is C11H5N5O2. The Bertz CT molecular complexity index is 673. The first-order chi connectivity index (χ1) is 8.65. The number of nitro benzene ring substituents is 1. The molecule has 86 valence electrons. The summed E-state index contributed by atoms with van der Waals surface area (Å²) in [7, 11) is 0. The molecule has 0 saturated carbocycles. The molecule has 7 heteroatoms. The second-order valence-electron chi connectivity index (χ2n) is 3.34. The number of hydrogen-bond acceptors (Lipinski definition) is 5. The molecule has 0 saturated heterocycles. The fourth-order valence-corrected chi connectivity index (χ4v) is 1.44. The summed E-state index contributed by atoms with van der Waals surface area (Å²) in [5, 5.41) is 28.2. The number of rotatable bonds is 2. The normalized spacial score (nSPS) is 9.44. The van der Waals surface area contributed by atoms with Crippen LogP contribution in [0.3, 0.4) is 0 Å². The van der Waals surface area contributed by atoms with Crippen molar-refractivity contribution in [1.82, 2.24) is 9.97 Å². The van der Waals surface area contributed by atoms with Crippen LogP contribution in [0.2, 0.25) is 0 Å². The second kappa shape index (κ2) is 4.36. The van der Waals surface area contributed by atoms with E-state index in [0.717, 1.165) is 0 Å². The molecule has 2 rings (SSSR count). The molecule has 1 aromatic heterocycles. The van der Waals surface area contributed by atoms with E-state index in [9.17, 15) is 10.1 Å². The average molecular weight is 239 g/mol. The van der Waals surface area contributed by atoms with Gasteiger partial charge in [0.25, 0.3) is 5.69 Å². The standard InChI is InChI=1S/C11H5N5O2/c12-5-9-10(6-13)15-11(14-9)7-2-1-3-8(4-7)16(17)18/h1-4H,(H,14,15). The topological polar surface area (TPSA) is 119 Å². The molecule has 0 aliphatic heterocycles. The lowest BCUT2D eigenvalue weighted by Crippen LogP contribution is -1.88. The molecule has 18 heavy (non-hydrogen) atoms. The molecule has 0 amide bonds. The number of nitrogens with zero attached hydrogens (tertiary/aromatic N) is 4. The van der Waals surface area contributed by atoms with Crippen LogP contribution in [-0.4, -0.2) is 14.9 Å². The third-order valence-electron chi connectivity index (χ3n) is 2.25. The molecule has 0 fully saturated rings. The molecule has 0 aliphatic carbocycles. The Labute approximate surface area is 101 Å². The molecule has 0 atom stereocenters. The van der Waals surface area contributed by atoms with Crippen molar-refractivity contribution in [2.75, 3.05) is 0 Å². The lowest BCUT2D eigenvalue weighted by molar-refractivity contribution is -0.384. The molecule has 0 spiro atoms. The lowest BCUT2D eigenvalue weighted by atomic mass is 10.2. The quantitative estimate of drug-likeness (QED) is 0.632. The fourth-order valence-electron chi connectivity index (χ4n) is 1.44. The zero-order valence-electron chi connectivity index (χ0n) is 8.91. The third-order valence-corrected chi connectivity index (χ3v) is 2.25. The Morgan fingerprint density at radius 2 is 2.11 bits per heavy atom. The van der Waals surface area contributed by atoms with Gasteiger partial charge in [-0.25, -0.2) is 4.98 Å². The summed E-state index contributed by atoms with van der Waals surface area (Å²) in [5.74, 6) is 0.256. The minimum atomic E-state index is -0.525. The number of aromatic amines is 1. The van der Waals surface area contributed by atoms with Crippen LogP contribution < -0.4 is 0 Å². The second-order valence-corrected chi connectivity index (χ2v) is 3.34. The fraction of sp³-hybridized carbons (Fsp3) is 0. The van der Waals surface area contributed by atoms with Gasteiger partial charge in [0, 0.05) is 17.7 Å². The Morgan fingerprint density at radius 1 is 1.33 bits per heavy atom. The van der Waals surface area contributed by atoms with Crippen molar-refractivity contribution in [3.05, 3.63) is 45.8 Å². The summed E-state index contributed by atoms with van der Waals surface area (Å²) in [6.07, 6.45) is 0. The smallest absolute Gasteiger partial charge is 0.270 e. The highest BCUT2D eigenvalue weighted by atomic mass is 16.6. The Balaban J connectivity index is 2.53. The van der Waals surface area contributed by atoms with Crippen LogP contribution in [0.15, 0.2) is 24.3 Å². The van der Waals surface area contributed by atoms with Gasteiger partial charge in [-0.1, -0.05) is 12.1 Å². The van der Waals surface area contributed by atoms with Crippen molar-refractivity contribution in [1.29, 1.82) is 10.5 Å². The van der Waals surface area contributed by atoms with Gasteiger partial charge in [0.15, 0.2) is 11.4 Å². The van der Waals surface area contributed by atoms with E-state index in [1.807, 2.05) is 0 Å². The summed E-state index contributed by atoms with van der Waals surface area (Å²) >= 11 is 0. The molecule has 2 aromatic rings. The van der Waals surface area contributed by atoms with Gasteiger partial charge in [0.2, 0.25) is 0 Å². The van der Waals surface area contributed by atoms with E-state index in [4.69, 9.17) is 10.5 Å².